The molecule has 3 unspecified atom stereocenters. The predicted octanol–water partition coefficient (Wildman–Crippen LogP) is 3.64. The summed E-state index contributed by atoms with van der Waals surface area (Å²) in [5.74, 6) is -2.31. The first-order valence-corrected chi connectivity index (χ1v) is 12.6. The highest BCUT2D eigenvalue weighted by Gasteiger charge is 2.25. The van der Waals surface area contributed by atoms with Crippen LogP contribution in [0.1, 0.15) is 71.1 Å². The van der Waals surface area contributed by atoms with Crippen LogP contribution in [0.5, 0.6) is 0 Å². The van der Waals surface area contributed by atoms with Gasteiger partial charge in [-0.25, -0.2) is 0 Å². The van der Waals surface area contributed by atoms with Crippen LogP contribution in [0.3, 0.4) is 0 Å². The molecule has 0 radical (unpaired) electrons. The third-order valence-electron chi connectivity index (χ3n) is 6.61. The van der Waals surface area contributed by atoms with Crippen molar-refractivity contribution in [2.45, 2.75) is 71.1 Å². The van der Waals surface area contributed by atoms with Crippen molar-refractivity contribution in [3.8, 4) is 0 Å². The van der Waals surface area contributed by atoms with Crippen LogP contribution in [0.15, 0.2) is 36.5 Å². The Morgan fingerprint density at radius 3 is 0.972 bits per heavy atom. The molecular formula is C27H44O9. The zero-order valence-corrected chi connectivity index (χ0v) is 21.3. The second-order valence-corrected chi connectivity index (χ2v) is 9.29. The van der Waals surface area contributed by atoms with Crippen LogP contribution < -0.4 is 0 Å². The van der Waals surface area contributed by atoms with Gasteiger partial charge in [0.2, 0.25) is 0 Å². The minimum Gasteiger partial charge on any atom is -0.481 e. The van der Waals surface area contributed by atoms with Crippen molar-refractivity contribution >= 4 is 17.9 Å². The van der Waals surface area contributed by atoms with E-state index in [1.165, 1.54) is 0 Å². The molecule has 0 bridgehead atoms. The van der Waals surface area contributed by atoms with Crippen molar-refractivity contribution in [3.63, 3.8) is 0 Å². The molecule has 0 heterocycles. The van der Waals surface area contributed by atoms with E-state index in [1.54, 1.807) is 0 Å². The number of aliphatic carboxylic acids is 3. The molecule has 9 nitrogen and oxygen atoms in total. The SMILES string of the molecule is CCC(CO)(CO)CO.O=C(O)C1CC=CCC1.O=C(O)C1CC=CCC1.O=C(O)C1CC=CCC1. The van der Waals surface area contributed by atoms with Crippen molar-refractivity contribution in [2.75, 3.05) is 19.8 Å². The number of allylic oxidation sites excluding steroid dienone is 6. The number of carboxylic acid groups (broad SMARTS) is 3. The van der Waals surface area contributed by atoms with E-state index < -0.39 is 23.3 Å². The summed E-state index contributed by atoms with van der Waals surface area (Å²) in [5.41, 5.74) is -0.667. The van der Waals surface area contributed by atoms with Gasteiger partial charge in [0.25, 0.3) is 0 Å². The molecule has 0 fully saturated rings. The van der Waals surface area contributed by atoms with Gasteiger partial charge in [-0.3, -0.25) is 14.4 Å². The standard InChI is InChI=1S/3C7H10O2.C6H14O3/c3*8-7(9)6-4-2-1-3-5-6;1-2-6(3-7,4-8)5-9/h3*1-2,6H,3-5H2,(H,8,9);7-9H,2-5H2,1H3. The maximum atomic E-state index is 10.3. The fourth-order valence-electron chi connectivity index (χ4n) is 3.54. The molecule has 36 heavy (non-hydrogen) atoms. The first-order valence-electron chi connectivity index (χ1n) is 12.6. The van der Waals surface area contributed by atoms with E-state index in [0.717, 1.165) is 57.8 Å². The normalized spacial score (nSPS) is 22.5. The van der Waals surface area contributed by atoms with Crippen molar-refractivity contribution < 1.29 is 45.0 Å². The summed E-state index contributed by atoms with van der Waals surface area (Å²) in [7, 11) is 0. The highest BCUT2D eigenvalue weighted by molar-refractivity contribution is 5.71. The maximum absolute atomic E-state index is 10.3. The van der Waals surface area contributed by atoms with Crippen LogP contribution in [0.25, 0.3) is 0 Å². The molecule has 0 saturated carbocycles. The van der Waals surface area contributed by atoms with Crippen LogP contribution in [0.2, 0.25) is 0 Å². The van der Waals surface area contributed by atoms with Gasteiger partial charge in [0, 0.05) is 5.41 Å². The highest BCUT2D eigenvalue weighted by atomic mass is 16.4. The fourth-order valence-corrected chi connectivity index (χ4v) is 3.54. The fraction of sp³-hybridized carbons (Fsp3) is 0.667. The lowest BCUT2D eigenvalue weighted by atomic mass is 9.88. The first kappa shape index (κ1) is 33.5. The average Bonchev–Trinajstić information content (AvgIpc) is 2.93. The summed E-state index contributed by atoms with van der Waals surface area (Å²) in [6.07, 6.45) is 19.9. The summed E-state index contributed by atoms with van der Waals surface area (Å²) in [6.45, 7) is 1.35. The van der Waals surface area contributed by atoms with Crippen molar-refractivity contribution in [1.82, 2.24) is 0 Å². The molecule has 0 aromatic carbocycles. The molecule has 0 spiro atoms. The molecule has 3 aliphatic rings. The minimum absolute atomic E-state index is 0.116. The van der Waals surface area contributed by atoms with E-state index in [0.29, 0.717) is 6.42 Å². The Labute approximate surface area is 213 Å². The van der Waals surface area contributed by atoms with Crippen LogP contribution >= 0.6 is 0 Å². The van der Waals surface area contributed by atoms with E-state index in [1.807, 2.05) is 43.4 Å². The number of rotatable bonds is 7. The van der Waals surface area contributed by atoms with Gasteiger partial charge in [0.1, 0.15) is 0 Å². The van der Waals surface area contributed by atoms with Crippen molar-refractivity contribution in [2.24, 2.45) is 23.2 Å². The molecular weight excluding hydrogens is 468 g/mol. The van der Waals surface area contributed by atoms with Gasteiger partial charge in [0.05, 0.1) is 37.6 Å². The second-order valence-electron chi connectivity index (χ2n) is 9.29. The number of hydrogen-bond acceptors (Lipinski definition) is 6. The Kier molecular flexibility index (Phi) is 18.3. The third-order valence-corrected chi connectivity index (χ3v) is 6.61. The van der Waals surface area contributed by atoms with E-state index in [4.69, 9.17) is 30.6 Å². The molecule has 0 amide bonds. The monoisotopic (exact) mass is 512 g/mol. The molecule has 0 aliphatic heterocycles. The zero-order chi connectivity index (χ0) is 27.4. The summed E-state index contributed by atoms with van der Waals surface area (Å²) < 4.78 is 0. The number of carbonyl (C=O) groups is 3. The van der Waals surface area contributed by atoms with Gasteiger partial charge in [-0.15, -0.1) is 0 Å². The highest BCUT2D eigenvalue weighted by Crippen LogP contribution is 2.19. The van der Waals surface area contributed by atoms with Crippen LogP contribution in [-0.2, 0) is 14.4 Å². The maximum Gasteiger partial charge on any atom is 0.306 e. The summed E-state index contributed by atoms with van der Waals surface area (Å²) in [4.78, 5) is 31.0. The topological polar surface area (TPSA) is 173 Å². The Morgan fingerprint density at radius 1 is 0.611 bits per heavy atom. The van der Waals surface area contributed by atoms with E-state index in [2.05, 4.69) is 0 Å². The first-order chi connectivity index (χ1) is 17.2. The molecule has 3 aliphatic carbocycles. The molecule has 3 atom stereocenters. The Balaban J connectivity index is 0.000000454. The lowest BCUT2D eigenvalue weighted by molar-refractivity contribution is -0.142. The molecule has 3 rings (SSSR count). The predicted molar refractivity (Wildman–Crippen MR) is 136 cm³/mol. The van der Waals surface area contributed by atoms with E-state index in [-0.39, 0.29) is 37.6 Å². The molecule has 9 heteroatoms. The van der Waals surface area contributed by atoms with Crippen molar-refractivity contribution in [1.29, 1.82) is 0 Å². The molecule has 0 saturated heterocycles. The average molecular weight is 513 g/mol. The van der Waals surface area contributed by atoms with Gasteiger partial charge in [0.15, 0.2) is 0 Å². The summed E-state index contributed by atoms with van der Waals surface area (Å²) in [6, 6.07) is 0. The Bertz CT molecular complexity index is 624. The number of carboxylic acids is 3. The summed E-state index contributed by atoms with van der Waals surface area (Å²) >= 11 is 0. The van der Waals surface area contributed by atoms with Crippen LogP contribution in [-0.4, -0.2) is 68.4 Å². The number of aliphatic hydroxyl groups excluding tert-OH is 3. The minimum atomic E-state index is -0.667. The Morgan fingerprint density at radius 2 is 0.889 bits per heavy atom. The van der Waals surface area contributed by atoms with Gasteiger partial charge >= 0.3 is 17.9 Å². The smallest absolute Gasteiger partial charge is 0.306 e. The second kappa shape index (κ2) is 19.7. The van der Waals surface area contributed by atoms with E-state index >= 15 is 0 Å². The lowest BCUT2D eigenvalue weighted by Crippen LogP contribution is -2.32. The van der Waals surface area contributed by atoms with Crippen LogP contribution in [0.4, 0.5) is 0 Å². The van der Waals surface area contributed by atoms with Gasteiger partial charge in [-0.05, 0) is 64.2 Å². The molecule has 6 N–H and O–H groups in total. The van der Waals surface area contributed by atoms with Gasteiger partial charge < -0.3 is 30.6 Å². The number of hydrogen-bond donors (Lipinski definition) is 6. The number of aliphatic hydroxyl groups is 3. The van der Waals surface area contributed by atoms with Crippen LogP contribution in [0, 0.1) is 23.2 Å². The largest absolute Gasteiger partial charge is 0.481 e. The van der Waals surface area contributed by atoms with E-state index in [9.17, 15) is 14.4 Å². The summed E-state index contributed by atoms with van der Waals surface area (Å²) in [5, 5.41) is 51.5. The molecule has 0 aromatic heterocycles. The zero-order valence-electron chi connectivity index (χ0n) is 21.3. The van der Waals surface area contributed by atoms with Crippen molar-refractivity contribution in [3.05, 3.63) is 36.5 Å². The molecule has 0 aromatic rings. The quantitative estimate of drug-likeness (QED) is 0.278. The Hall–Kier alpha value is -2.49. The molecule has 206 valence electrons. The third kappa shape index (κ3) is 14.2. The van der Waals surface area contributed by atoms with Gasteiger partial charge in [-0.2, -0.15) is 0 Å². The van der Waals surface area contributed by atoms with Gasteiger partial charge in [-0.1, -0.05) is 43.4 Å². The lowest BCUT2D eigenvalue weighted by Gasteiger charge is -2.24.